The number of esters is 1. The predicted octanol–water partition coefficient (Wildman–Crippen LogP) is 5.21. The van der Waals surface area contributed by atoms with Crippen LogP contribution in [0.3, 0.4) is 0 Å². The van der Waals surface area contributed by atoms with Crippen molar-refractivity contribution in [3.63, 3.8) is 0 Å². The molecule has 0 bridgehead atoms. The number of methoxy groups -OCH3 is 1. The Balaban J connectivity index is 1.47. The second-order valence-electron chi connectivity index (χ2n) is 7.61. The van der Waals surface area contributed by atoms with Gasteiger partial charge in [-0.05, 0) is 63.2 Å². The molecule has 2 aromatic heterocycles. The summed E-state index contributed by atoms with van der Waals surface area (Å²) in [4.78, 5) is 24.6. The highest BCUT2D eigenvalue weighted by molar-refractivity contribution is 7.99. The van der Waals surface area contributed by atoms with Crippen LogP contribution in [0, 0.1) is 20.8 Å². The molecule has 0 aliphatic heterocycles. The lowest BCUT2D eigenvalue weighted by Gasteiger charge is -2.10. The second kappa shape index (κ2) is 9.46. The maximum Gasteiger partial charge on any atom is 0.337 e. The molecule has 0 aliphatic rings. The Kier molecular flexibility index (Phi) is 6.46. The van der Waals surface area contributed by atoms with Gasteiger partial charge in [0.25, 0.3) is 5.22 Å². The van der Waals surface area contributed by atoms with Gasteiger partial charge in [-0.1, -0.05) is 29.5 Å². The Morgan fingerprint density at radius 1 is 1.00 bits per heavy atom. The number of ketones is 1. The van der Waals surface area contributed by atoms with E-state index in [0.29, 0.717) is 22.2 Å². The average Bonchev–Trinajstić information content (AvgIpc) is 3.41. The van der Waals surface area contributed by atoms with Crippen molar-refractivity contribution >= 4 is 23.5 Å². The van der Waals surface area contributed by atoms with Crippen molar-refractivity contribution in [1.29, 1.82) is 0 Å². The molecule has 168 valence electrons. The first-order chi connectivity index (χ1) is 15.9. The SMILES string of the molecule is COC(=O)c1ccc(-n2c(C)cc(C(=O)CSc3nnc(-c4ccc(C)cc4)o3)c2C)cc1. The van der Waals surface area contributed by atoms with Crippen molar-refractivity contribution in [3.05, 3.63) is 82.7 Å². The molecule has 8 heteroatoms. The van der Waals surface area contributed by atoms with Crippen molar-refractivity contribution in [2.24, 2.45) is 0 Å². The van der Waals surface area contributed by atoms with E-state index in [-0.39, 0.29) is 17.5 Å². The largest absolute Gasteiger partial charge is 0.465 e. The Morgan fingerprint density at radius 2 is 1.70 bits per heavy atom. The van der Waals surface area contributed by atoms with Crippen LogP contribution < -0.4 is 0 Å². The molecule has 2 heterocycles. The fraction of sp³-hybridized carbons (Fsp3) is 0.200. The quantitative estimate of drug-likeness (QED) is 0.212. The molecule has 33 heavy (non-hydrogen) atoms. The van der Waals surface area contributed by atoms with Crippen molar-refractivity contribution in [1.82, 2.24) is 14.8 Å². The van der Waals surface area contributed by atoms with E-state index in [4.69, 9.17) is 9.15 Å². The van der Waals surface area contributed by atoms with Crippen LogP contribution in [0.2, 0.25) is 0 Å². The predicted molar refractivity (Wildman–Crippen MR) is 126 cm³/mol. The van der Waals surface area contributed by atoms with Gasteiger partial charge in [0.1, 0.15) is 0 Å². The van der Waals surface area contributed by atoms with E-state index in [1.165, 1.54) is 18.9 Å². The van der Waals surface area contributed by atoms with Gasteiger partial charge in [0, 0.05) is 28.2 Å². The average molecular weight is 462 g/mol. The summed E-state index contributed by atoms with van der Waals surface area (Å²) in [5.41, 5.74) is 5.71. The first kappa shape index (κ1) is 22.5. The van der Waals surface area contributed by atoms with Crippen LogP contribution in [0.15, 0.2) is 64.2 Å². The van der Waals surface area contributed by atoms with Crippen molar-refractivity contribution in [3.8, 4) is 17.1 Å². The monoisotopic (exact) mass is 461 g/mol. The number of Topliss-reactive ketones (excluding diaryl/α,β-unsaturated/α-hetero) is 1. The molecule has 0 saturated heterocycles. The molecule has 0 unspecified atom stereocenters. The number of benzene rings is 2. The molecule has 0 atom stereocenters. The van der Waals surface area contributed by atoms with Crippen LogP contribution in [0.25, 0.3) is 17.1 Å². The van der Waals surface area contributed by atoms with Crippen LogP contribution in [-0.4, -0.2) is 39.4 Å². The summed E-state index contributed by atoms with van der Waals surface area (Å²) in [6.45, 7) is 5.86. The third-order valence-corrected chi connectivity index (χ3v) is 6.13. The third-order valence-electron chi connectivity index (χ3n) is 5.31. The van der Waals surface area contributed by atoms with E-state index in [1.54, 1.807) is 12.1 Å². The van der Waals surface area contributed by atoms with E-state index in [2.05, 4.69) is 10.2 Å². The first-order valence-electron chi connectivity index (χ1n) is 10.3. The fourth-order valence-corrected chi connectivity index (χ4v) is 4.24. The summed E-state index contributed by atoms with van der Waals surface area (Å²) in [6.07, 6.45) is 0. The zero-order valence-corrected chi connectivity index (χ0v) is 19.6. The molecule has 0 amide bonds. The number of nitrogens with zero attached hydrogens (tertiary/aromatic N) is 3. The van der Waals surface area contributed by atoms with Gasteiger partial charge in [0.2, 0.25) is 5.89 Å². The van der Waals surface area contributed by atoms with Crippen LogP contribution in [0.4, 0.5) is 0 Å². The van der Waals surface area contributed by atoms with Gasteiger partial charge in [-0.3, -0.25) is 4.79 Å². The number of carbonyl (C=O) groups excluding carboxylic acids is 2. The molecule has 2 aromatic carbocycles. The molecule has 4 aromatic rings. The van der Waals surface area contributed by atoms with Gasteiger partial charge in [0.15, 0.2) is 5.78 Å². The van der Waals surface area contributed by atoms with Crippen molar-refractivity contribution in [2.45, 2.75) is 26.0 Å². The van der Waals surface area contributed by atoms with E-state index in [9.17, 15) is 9.59 Å². The normalized spacial score (nSPS) is 10.9. The molecule has 0 fully saturated rings. The smallest absolute Gasteiger partial charge is 0.337 e. The van der Waals surface area contributed by atoms with Crippen LogP contribution >= 0.6 is 11.8 Å². The summed E-state index contributed by atoms with van der Waals surface area (Å²) >= 11 is 1.22. The van der Waals surface area contributed by atoms with Gasteiger partial charge >= 0.3 is 5.97 Å². The first-order valence-corrected chi connectivity index (χ1v) is 11.3. The zero-order valence-electron chi connectivity index (χ0n) is 18.8. The summed E-state index contributed by atoms with van der Waals surface area (Å²) in [5, 5.41) is 8.49. The molecular weight excluding hydrogens is 438 g/mol. The number of hydrogen-bond acceptors (Lipinski definition) is 7. The number of ether oxygens (including phenoxy) is 1. The van der Waals surface area contributed by atoms with Gasteiger partial charge in [0.05, 0.1) is 18.4 Å². The number of carbonyl (C=O) groups is 2. The molecule has 0 spiro atoms. The molecule has 7 nitrogen and oxygen atoms in total. The number of rotatable bonds is 7. The molecule has 0 saturated carbocycles. The highest BCUT2D eigenvalue weighted by atomic mass is 32.2. The third kappa shape index (κ3) is 4.75. The minimum absolute atomic E-state index is 0.0272. The maximum atomic E-state index is 12.9. The minimum Gasteiger partial charge on any atom is -0.465 e. The number of thioether (sulfide) groups is 1. The molecule has 0 radical (unpaired) electrons. The lowest BCUT2D eigenvalue weighted by atomic mass is 10.1. The van der Waals surface area contributed by atoms with E-state index in [0.717, 1.165) is 28.2 Å². The van der Waals surface area contributed by atoms with Crippen molar-refractivity contribution in [2.75, 3.05) is 12.9 Å². The standard InChI is InChI=1S/C25H23N3O4S/c1-15-5-7-18(8-6-15)23-26-27-25(32-23)33-14-22(29)21-13-16(2)28(17(21)3)20-11-9-19(10-12-20)24(30)31-4/h5-13H,14H2,1-4H3. The van der Waals surface area contributed by atoms with Gasteiger partial charge < -0.3 is 13.7 Å². The summed E-state index contributed by atoms with van der Waals surface area (Å²) in [5.74, 6) is 0.197. The van der Waals surface area contributed by atoms with Gasteiger partial charge in [-0.2, -0.15) is 0 Å². The summed E-state index contributed by atoms with van der Waals surface area (Å²) in [7, 11) is 1.35. The number of aryl methyl sites for hydroxylation is 2. The summed E-state index contributed by atoms with van der Waals surface area (Å²) in [6, 6.07) is 16.8. The van der Waals surface area contributed by atoms with Crippen LogP contribution in [0.1, 0.15) is 37.7 Å². The number of hydrogen-bond donors (Lipinski definition) is 0. The van der Waals surface area contributed by atoms with Gasteiger partial charge in [-0.25, -0.2) is 4.79 Å². The van der Waals surface area contributed by atoms with E-state index in [1.807, 2.05) is 67.8 Å². The lowest BCUT2D eigenvalue weighted by molar-refractivity contribution is 0.0600. The Hall–Kier alpha value is -3.65. The highest BCUT2D eigenvalue weighted by Gasteiger charge is 2.19. The molecule has 4 rings (SSSR count). The Bertz CT molecular complexity index is 1300. The topological polar surface area (TPSA) is 87.2 Å². The van der Waals surface area contributed by atoms with Crippen LogP contribution in [-0.2, 0) is 4.74 Å². The summed E-state index contributed by atoms with van der Waals surface area (Å²) < 4.78 is 12.4. The van der Waals surface area contributed by atoms with E-state index >= 15 is 0 Å². The fourth-order valence-electron chi connectivity index (χ4n) is 3.59. The number of aromatic nitrogens is 3. The van der Waals surface area contributed by atoms with E-state index < -0.39 is 0 Å². The van der Waals surface area contributed by atoms with Crippen LogP contribution in [0.5, 0.6) is 0 Å². The molecular formula is C25H23N3O4S. The Labute approximate surface area is 195 Å². The maximum absolute atomic E-state index is 12.9. The Morgan fingerprint density at radius 3 is 2.36 bits per heavy atom. The molecule has 0 N–H and O–H groups in total. The lowest BCUT2D eigenvalue weighted by Crippen LogP contribution is -2.06. The second-order valence-corrected chi connectivity index (χ2v) is 8.54. The zero-order chi connectivity index (χ0) is 23.5. The van der Waals surface area contributed by atoms with Gasteiger partial charge in [-0.15, -0.1) is 10.2 Å². The minimum atomic E-state index is -0.387. The van der Waals surface area contributed by atoms with Crippen molar-refractivity contribution < 1.29 is 18.7 Å². The highest BCUT2D eigenvalue weighted by Crippen LogP contribution is 2.26. The molecule has 0 aliphatic carbocycles.